The van der Waals surface area contributed by atoms with Crippen LogP contribution in [0.3, 0.4) is 0 Å². The molecule has 108 valence electrons. The third-order valence-electron chi connectivity index (χ3n) is 2.86. The Morgan fingerprint density at radius 1 is 1.45 bits per heavy atom. The molecule has 1 atom stereocenters. The van der Waals surface area contributed by atoms with E-state index in [0.29, 0.717) is 23.4 Å². The van der Waals surface area contributed by atoms with Gasteiger partial charge in [0.15, 0.2) is 0 Å². The Morgan fingerprint density at radius 2 is 2.25 bits per heavy atom. The number of rotatable bonds is 4. The van der Waals surface area contributed by atoms with Gasteiger partial charge >= 0.3 is 5.97 Å². The molecule has 1 aliphatic heterocycles. The number of anilines is 1. The Hall–Kier alpha value is -1.44. The van der Waals surface area contributed by atoms with E-state index in [1.165, 1.54) is 12.1 Å². The van der Waals surface area contributed by atoms with Gasteiger partial charge in [0.1, 0.15) is 0 Å². The number of nitrogens with one attached hydrogen (secondary N) is 2. The van der Waals surface area contributed by atoms with Gasteiger partial charge in [-0.2, -0.15) is 0 Å². The molecule has 0 aromatic heterocycles. The SMILES string of the molecule is O=C(CC1COCCN1)Nc1cc(Br)cc(C(=O)O)c1. The van der Waals surface area contributed by atoms with Crippen LogP contribution >= 0.6 is 15.9 Å². The first-order valence-corrected chi connectivity index (χ1v) is 6.99. The molecule has 1 amide bonds. The molecular weight excluding hydrogens is 328 g/mol. The number of halogens is 1. The van der Waals surface area contributed by atoms with Crippen LogP contribution in [0.15, 0.2) is 22.7 Å². The molecule has 0 bridgehead atoms. The summed E-state index contributed by atoms with van der Waals surface area (Å²) in [6.07, 6.45) is 0.287. The van der Waals surface area contributed by atoms with E-state index in [0.717, 1.165) is 6.54 Å². The first-order chi connectivity index (χ1) is 9.54. The quantitative estimate of drug-likeness (QED) is 0.771. The van der Waals surface area contributed by atoms with Crippen LogP contribution in [-0.4, -0.2) is 42.8 Å². The summed E-state index contributed by atoms with van der Waals surface area (Å²) in [7, 11) is 0. The molecule has 1 aromatic carbocycles. The lowest BCUT2D eigenvalue weighted by Crippen LogP contribution is -2.43. The van der Waals surface area contributed by atoms with Crippen molar-refractivity contribution in [3.8, 4) is 0 Å². The Balaban J connectivity index is 1.98. The third kappa shape index (κ3) is 4.29. The fraction of sp³-hybridized carbons (Fsp3) is 0.385. The first-order valence-electron chi connectivity index (χ1n) is 6.19. The molecule has 1 aromatic rings. The summed E-state index contributed by atoms with van der Waals surface area (Å²) in [5.41, 5.74) is 0.576. The monoisotopic (exact) mass is 342 g/mol. The number of aromatic carboxylic acids is 1. The number of carbonyl (C=O) groups excluding carboxylic acids is 1. The van der Waals surface area contributed by atoms with Crippen LogP contribution < -0.4 is 10.6 Å². The average molecular weight is 343 g/mol. The van der Waals surface area contributed by atoms with E-state index in [2.05, 4.69) is 26.6 Å². The van der Waals surface area contributed by atoms with Gasteiger partial charge in [-0.25, -0.2) is 4.79 Å². The van der Waals surface area contributed by atoms with Crippen LogP contribution in [0.5, 0.6) is 0 Å². The van der Waals surface area contributed by atoms with Crippen molar-refractivity contribution in [2.45, 2.75) is 12.5 Å². The lowest BCUT2D eigenvalue weighted by molar-refractivity contribution is -0.117. The lowest BCUT2D eigenvalue weighted by atomic mass is 10.1. The zero-order chi connectivity index (χ0) is 14.5. The molecule has 0 radical (unpaired) electrons. The molecule has 1 heterocycles. The largest absolute Gasteiger partial charge is 0.478 e. The zero-order valence-electron chi connectivity index (χ0n) is 10.7. The van der Waals surface area contributed by atoms with Gasteiger partial charge in [0.2, 0.25) is 5.91 Å². The second-order valence-electron chi connectivity index (χ2n) is 4.51. The molecule has 0 spiro atoms. The maximum atomic E-state index is 11.9. The zero-order valence-corrected chi connectivity index (χ0v) is 12.3. The van der Waals surface area contributed by atoms with Gasteiger partial charge in [0, 0.05) is 29.2 Å². The predicted molar refractivity (Wildman–Crippen MR) is 77.0 cm³/mol. The summed E-state index contributed by atoms with van der Waals surface area (Å²) in [6.45, 7) is 1.90. The summed E-state index contributed by atoms with van der Waals surface area (Å²) in [5.74, 6) is -1.22. The summed E-state index contributed by atoms with van der Waals surface area (Å²) in [4.78, 5) is 22.9. The third-order valence-corrected chi connectivity index (χ3v) is 3.32. The Bertz CT molecular complexity index is 515. The van der Waals surface area contributed by atoms with Crippen LogP contribution in [0.1, 0.15) is 16.8 Å². The summed E-state index contributed by atoms with van der Waals surface area (Å²) < 4.78 is 5.88. The van der Waals surface area contributed by atoms with E-state index in [1.807, 2.05) is 0 Å². The van der Waals surface area contributed by atoms with Crippen molar-refractivity contribution >= 4 is 33.5 Å². The van der Waals surface area contributed by atoms with Gasteiger partial charge in [0.25, 0.3) is 0 Å². The number of carbonyl (C=O) groups is 2. The molecule has 1 unspecified atom stereocenters. The van der Waals surface area contributed by atoms with E-state index in [1.54, 1.807) is 6.07 Å². The van der Waals surface area contributed by atoms with Gasteiger partial charge in [-0.05, 0) is 18.2 Å². The summed E-state index contributed by atoms with van der Waals surface area (Å²) in [5, 5.41) is 14.9. The van der Waals surface area contributed by atoms with Crippen molar-refractivity contribution in [1.82, 2.24) is 5.32 Å². The molecule has 7 heteroatoms. The second-order valence-corrected chi connectivity index (χ2v) is 5.43. The van der Waals surface area contributed by atoms with Gasteiger partial charge in [-0.1, -0.05) is 15.9 Å². The lowest BCUT2D eigenvalue weighted by Gasteiger charge is -2.23. The number of ether oxygens (including phenoxy) is 1. The van der Waals surface area contributed by atoms with Gasteiger partial charge in [-0.15, -0.1) is 0 Å². The van der Waals surface area contributed by atoms with Crippen molar-refractivity contribution in [1.29, 1.82) is 0 Å². The van der Waals surface area contributed by atoms with Crippen molar-refractivity contribution in [3.05, 3.63) is 28.2 Å². The predicted octanol–water partition coefficient (Wildman–Crippen LogP) is 1.46. The number of hydrogen-bond donors (Lipinski definition) is 3. The van der Waals surface area contributed by atoms with Gasteiger partial charge < -0.3 is 20.5 Å². The maximum absolute atomic E-state index is 11.9. The van der Waals surface area contributed by atoms with Gasteiger partial charge in [-0.3, -0.25) is 4.79 Å². The number of amides is 1. The summed E-state index contributed by atoms with van der Waals surface area (Å²) >= 11 is 3.22. The smallest absolute Gasteiger partial charge is 0.335 e. The number of carboxylic acid groups (broad SMARTS) is 1. The van der Waals surface area contributed by atoms with Crippen LogP contribution in [0.2, 0.25) is 0 Å². The molecule has 1 saturated heterocycles. The number of morpholine rings is 1. The van der Waals surface area contributed by atoms with E-state index in [-0.39, 0.29) is 23.9 Å². The molecule has 2 rings (SSSR count). The van der Waals surface area contributed by atoms with Gasteiger partial charge in [0.05, 0.1) is 18.8 Å². The van der Waals surface area contributed by atoms with Crippen molar-refractivity contribution in [2.75, 3.05) is 25.1 Å². The van der Waals surface area contributed by atoms with E-state index in [4.69, 9.17) is 9.84 Å². The van der Waals surface area contributed by atoms with Crippen LogP contribution in [0.25, 0.3) is 0 Å². The number of hydrogen-bond acceptors (Lipinski definition) is 4. The number of carboxylic acids is 1. The fourth-order valence-electron chi connectivity index (χ4n) is 1.97. The molecule has 0 aliphatic carbocycles. The normalized spacial score (nSPS) is 18.6. The first kappa shape index (κ1) is 15.0. The average Bonchev–Trinajstić information content (AvgIpc) is 2.38. The molecule has 3 N–H and O–H groups in total. The van der Waals surface area contributed by atoms with Crippen LogP contribution in [0, 0.1) is 0 Å². The fourth-order valence-corrected chi connectivity index (χ4v) is 2.47. The minimum atomic E-state index is -1.04. The minimum Gasteiger partial charge on any atom is -0.478 e. The minimum absolute atomic E-state index is 0.00477. The Morgan fingerprint density at radius 3 is 2.90 bits per heavy atom. The Labute approximate surface area is 124 Å². The molecule has 6 nitrogen and oxygen atoms in total. The summed E-state index contributed by atoms with van der Waals surface area (Å²) in [6, 6.07) is 4.56. The number of benzene rings is 1. The van der Waals surface area contributed by atoms with Crippen LogP contribution in [0.4, 0.5) is 5.69 Å². The highest BCUT2D eigenvalue weighted by atomic mass is 79.9. The second kappa shape index (κ2) is 6.83. The highest BCUT2D eigenvalue weighted by Crippen LogP contribution is 2.20. The van der Waals surface area contributed by atoms with E-state index in [9.17, 15) is 9.59 Å². The van der Waals surface area contributed by atoms with Crippen molar-refractivity contribution in [3.63, 3.8) is 0 Å². The standard InChI is InChI=1S/C13H15BrN2O4/c14-9-3-8(13(18)19)4-10(5-9)16-12(17)6-11-7-20-2-1-15-11/h3-5,11,15H,1-2,6-7H2,(H,16,17)(H,18,19). The highest BCUT2D eigenvalue weighted by molar-refractivity contribution is 9.10. The maximum Gasteiger partial charge on any atom is 0.335 e. The Kier molecular flexibility index (Phi) is 5.11. The molecule has 0 saturated carbocycles. The van der Waals surface area contributed by atoms with E-state index < -0.39 is 5.97 Å². The van der Waals surface area contributed by atoms with Crippen LogP contribution in [-0.2, 0) is 9.53 Å². The molecule has 1 fully saturated rings. The van der Waals surface area contributed by atoms with E-state index >= 15 is 0 Å². The molecule has 20 heavy (non-hydrogen) atoms. The van der Waals surface area contributed by atoms with Crippen molar-refractivity contribution in [2.24, 2.45) is 0 Å². The molecular formula is C13H15BrN2O4. The molecule has 1 aliphatic rings. The topological polar surface area (TPSA) is 87.7 Å². The van der Waals surface area contributed by atoms with Crippen molar-refractivity contribution < 1.29 is 19.4 Å². The highest BCUT2D eigenvalue weighted by Gasteiger charge is 2.17.